The second-order valence-corrected chi connectivity index (χ2v) is 6.30. The van der Waals surface area contributed by atoms with Gasteiger partial charge in [0, 0.05) is 16.9 Å². The lowest BCUT2D eigenvalue weighted by molar-refractivity contribution is 0.402. The van der Waals surface area contributed by atoms with Gasteiger partial charge in [-0.1, -0.05) is 41.5 Å². The van der Waals surface area contributed by atoms with Crippen LogP contribution in [0.5, 0.6) is 0 Å². The highest BCUT2D eigenvalue weighted by Gasteiger charge is 2.25. The molecule has 0 atom stereocenters. The summed E-state index contributed by atoms with van der Waals surface area (Å²) in [5.74, 6) is 1.64. The minimum Gasteiger partial charge on any atom is -0.440 e. The molecule has 0 unspecified atom stereocenters. The summed E-state index contributed by atoms with van der Waals surface area (Å²) in [4.78, 5) is 4.38. The molecule has 3 heteroatoms. The zero-order chi connectivity index (χ0) is 12.1. The highest BCUT2D eigenvalue weighted by Crippen LogP contribution is 2.32. The average molecular weight is 221 g/mol. The third kappa shape index (κ3) is 1.86. The summed E-state index contributed by atoms with van der Waals surface area (Å²) in [5.41, 5.74) is 1.26. The van der Waals surface area contributed by atoms with E-state index in [9.17, 15) is 0 Å². The summed E-state index contributed by atoms with van der Waals surface area (Å²) in [6, 6.07) is 1.94. The van der Waals surface area contributed by atoms with Gasteiger partial charge >= 0.3 is 0 Å². The van der Waals surface area contributed by atoms with E-state index in [-0.39, 0.29) is 10.8 Å². The molecule has 0 spiro atoms. The molecule has 2 rings (SSSR count). The maximum absolute atomic E-state index is 5.70. The van der Waals surface area contributed by atoms with Crippen molar-refractivity contribution in [2.24, 2.45) is 0 Å². The Balaban J connectivity index is 2.49. The molecule has 0 aliphatic heterocycles. The van der Waals surface area contributed by atoms with E-state index in [1.807, 2.05) is 6.07 Å². The molecule has 0 aliphatic rings. The van der Waals surface area contributed by atoms with E-state index in [2.05, 4.69) is 46.5 Å². The molecular formula is C13H19NO2. The Hall–Kier alpha value is -1.25. The molecule has 0 N–H and O–H groups in total. The first-order valence-electron chi connectivity index (χ1n) is 5.59. The van der Waals surface area contributed by atoms with Crippen molar-refractivity contribution < 1.29 is 8.83 Å². The molecule has 0 saturated carbocycles. The Bertz CT molecular complexity index is 431. The molecule has 3 nitrogen and oxygen atoms in total. The molecule has 2 aromatic rings. The number of hydrogen-bond donors (Lipinski definition) is 0. The fourth-order valence-electron chi connectivity index (χ4n) is 1.43. The lowest BCUT2D eigenvalue weighted by Crippen LogP contribution is -2.11. The van der Waals surface area contributed by atoms with E-state index < -0.39 is 0 Å². The molecule has 0 radical (unpaired) electrons. The van der Waals surface area contributed by atoms with Gasteiger partial charge in [0.25, 0.3) is 5.71 Å². The fourth-order valence-corrected chi connectivity index (χ4v) is 1.43. The first kappa shape index (κ1) is 11.2. The maximum atomic E-state index is 5.70. The normalized spacial score (nSPS) is 13.6. The predicted octanol–water partition coefficient (Wildman–Crippen LogP) is 4.02. The van der Waals surface area contributed by atoms with Gasteiger partial charge in [0.15, 0.2) is 5.58 Å². The second-order valence-electron chi connectivity index (χ2n) is 6.30. The first-order valence-corrected chi connectivity index (χ1v) is 5.59. The van der Waals surface area contributed by atoms with Crippen LogP contribution < -0.4 is 0 Å². The molecule has 2 heterocycles. The number of fused-ring (bicyclic) bond motifs is 1. The minimum absolute atomic E-state index is 0.00881. The maximum Gasteiger partial charge on any atom is 0.266 e. The minimum atomic E-state index is -0.0799. The van der Waals surface area contributed by atoms with Gasteiger partial charge in [-0.25, -0.2) is 0 Å². The van der Waals surface area contributed by atoms with E-state index in [4.69, 9.17) is 8.83 Å². The van der Waals surface area contributed by atoms with Crippen molar-refractivity contribution in [3.8, 4) is 0 Å². The van der Waals surface area contributed by atoms with Crippen molar-refractivity contribution in [2.75, 3.05) is 0 Å². The molecule has 0 saturated heterocycles. The Labute approximate surface area is 95.8 Å². The standard InChI is InChI=1S/C13H19NO2/c1-12(2,3)9-7-8-10(16-9)14-11(15-8)13(4,5)6/h7H,1-6H3. The van der Waals surface area contributed by atoms with Gasteiger partial charge in [-0.05, 0) is 0 Å². The summed E-state index contributed by atoms with van der Waals surface area (Å²) in [7, 11) is 0. The van der Waals surface area contributed by atoms with E-state index >= 15 is 0 Å². The van der Waals surface area contributed by atoms with Crippen LogP contribution in [0.4, 0.5) is 0 Å². The Kier molecular flexibility index (Phi) is 2.19. The van der Waals surface area contributed by atoms with Crippen LogP contribution in [0.25, 0.3) is 11.3 Å². The molecule has 0 amide bonds. The van der Waals surface area contributed by atoms with Gasteiger partial charge in [-0.15, -0.1) is 0 Å². The van der Waals surface area contributed by atoms with Crippen molar-refractivity contribution in [1.29, 1.82) is 0 Å². The van der Waals surface area contributed by atoms with E-state index in [1.54, 1.807) is 0 Å². The Morgan fingerprint density at radius 2 is 1.56 bits per heavy atom. The van der Waals surface area contributed by atoms with E-state index in [0.717, 1.165) is 17.2 Å². The van der Waals surface area contributed by atoms with Crippen LogP contribution in [0.1, 0.15) is 53.2 Å². The first-order chi connectivity index (χ1) is 7.18. The zero-order valence-electron chi connectivity index (χ0n) is 10.8. The highest BCUT2D eigenvalue weighted by molar-refractivity contribution is 5.67. The van der Waals surface area contributed by atoms with Crippen molar-refractivity contribution in [3.63, 3.8) is 0 Å². The van der Waals surface area contributed by atoms with Crippen molar-refractivity contribution in [3.05, 3.63) is 17.7 Å². The molecular weight excluding hydrogens is 202 g/mol. The van der Waals surface area contributed by atoms with Gasteiger partial charge in [-0.2, -0.15) is 4.98 Å². The van der Waals surface area contributed by atoms with Crippen LogP contribution in [0.2, 0.25) is 0 Å². The average Bonchev–Trinajstić information content (AvgIpc) is 2.53. The van der Waals surface area contributed by atoms with Crippen molar-refractivity contribution in [2.45, 2.75) is 52.4 Å². The molecule has 2 aromatic heterocycles. The quantitative estimate of drug-likeness (QED) is 0.674. The van der Waals surface area contributed by atoms with Gasteiger partial charge in [0.1, 0.15) is 5.76 Å². The molecule has 88 valence electrons. The van der Waals surface area contributed by atoms with Gasteiger partial charge < -0.3 is 8.83 Å². The highest BCUT2D eigenvalue weighted by atomic mass is 16.4. The summed E-state index contributed by atoms with van der Waals surface area (Å²) in [5, 5.41) is 0. The number of rotatable bonds is 0. The number of furan rings is 1. The van der Waals surface area contributed by atoms with Crippen molar-refractivity contribution in [1.82, 2.24) is 4.98 Å². The topological polar surface area (TPSA) is 39.2 Å². The van der Waals surface area contributed by atoms with Crippen LogP contribution in [0, 0.1) is 0 Å². The summed E-state index contributed by atoms with van der Waals surface area (Å²) < 4.78 is 11.4. The zero-order valence-corrected chi connectivity index (χ0v) is 10.8. The second kappa shape index (κ2) is 3.12. The van der Waals surface area contributed by atoms with Crippen LogP contribution in [0.15, 0.2) is 14.9 Å². The lowest BCUT2D eigenvalue weighted by Gasteiger charge is -2.14. The smallest absolute Gasteiger partial charge is 0.266 e. The van der Waals surface area contributed by atoms with Crippen LogP contribution in [-0.4, -0.2) is 4.98 Å². The largest absolute Gasteiger partial charge is 0.440 e. The Morgan fingerprint density at radius 1 is 0.938 bits per heavy atom. The molecule has 0 aromatic carbocycles. The summed E-state index contributed by atoms with van der Waals surface area (Å²) in [6.07, 6.45) is 0. The van der Waals surface area contributed by atoms with Gasteiger partial charge in [0.05, 0.1) is 0 Å². The molecule has 0 aliphatic carbocycles. The third-order valence-corrected chi connectivity index (χ3v) is 2.47. The third-order valence-electron chi connectivity index (χ3n) is 2.47. The SMILES string of the molecule is CC(C)(C)c1cc2oc(C(C)(C)C)nc2o1. The molecule has 0 bridgehead atoms. The van der Waals surface area contributed by atoms with Gasteiger partial charge in [0.2, 0.25) is 5.89 Å². The molecule has 0 fully saturated rings. The summed E-state index contributed by atoms with van der Waals surface area (Å²) in [6.45, 7) is 12.5. The van der Waals surface area contributed by atoms with E-state index in [1.165, 1.54) is 0 Å². The Morgan fingerprint density at radius 3 is 2.00 bits per heavy atom. The fraction of sp³-hybridized carbons (Fsp3) is 0.615. The van der Waals surface area contributed by atoms with Crippen LogP contribution in [0.3, 0.4) is 0 Å². The van der Waals surface area contributed by atoms with Crippen LogP contribution in [-0.2, 0) is 10.8 Å². The van der Waals surface area contributed by atoms with Crippen LogP contribution >= 0.6 is 0 Å². The van der Waals surface area contributed by atoms with Gasteiger partial charge in [-0.3, -0.25) is 0 Å². The monoisotopic (exact) mass is 221 g/mol. The van der Waals surface area contributed by atoms with E-state index in [0.29, 0.717) is 5.71 Å². The number of oxazole rings is 1. The number of nitrogens with zero attached hydrogens (tertiary/aromatic N) is 1. The molecule has 16 heavy (non-hydrogen) atoms. The predicted molar refractivity (Wildman–Crippen MR) is 63.7 cm³/mol. The number of hydrogen-bond acceptors (Lipinski definition) is 3. The number of aromatic nitrogens is 1. The lowest BCUT2D eigenvalue weighted by atomic mass is 9.94. The summed E-state index contributed by atoms with van der Waals surface area (Å²) >= 11 is 0. The van der Waals surface area contributed by atoms with Crippen molar-refractivity contribution >= 4 is 11.3 Å².